The summed E-state index contributed by atoms with van der Waals surface area (Å²) in [7, 11) is 3.91. The average molecular weight is 457 g/mol. The average Bonchev–Trinajstić information content (AvgIpc) is 3.00. The van der Waals surface area contributed by atoms with Crippen molar-refractivity contribution in [2.45, 2.75) is 26.3 Å². The van der Waals surface area contributed by atoms with Gasteiger partial charge in [0.2, 0.25) is 0 Å². The summed E-state index contributed by atoms with van der Waals surface area (Å²) in [6, 6.07) is 11.6. The van der Waals surface area contributed by atoms with Crippen molar-refractivity contribution >= 4 is 29.1 Å². The second-order valence-corrected chi connectivity index (χ2v) is 8.55. The molecule has 3 rings (SSSR count). The Morgan fingerprint density at radius 2 is 1.84 bits per heavy atom. The van der Waals surface area contributed by atoms with E-state index in [2.05, 4.69) is 0 Å². The molecule has 0 spiro atoms. The van der Waals surface area contributed by atoms with Gasteiger partial charge in [-0.25, -0.2) is 0 Å². The first-order valence-electron chi connectivity index (χ1n) is 10.7. The number of amides is 1. The number of ether oxygens (including phenoxy) is 1. The van der Waals surface area contributed by atoms with Crippen LogP contribution < -0.4 is 4.74 Å². The maximum Gasteiger partial charge on any atom is 0.295 e. The van der Waals surface area contributed by atoms with Crippen molar-refractivity contribution in [3.8, 4) is 5.75 Å². The number of rotatable bonds is 8. The van der Waals surface area contributed by atoms with E-state index in [9.17, 15) is 14.7 Å². The molecule has 0 aromatic heterocycles. The number of aliphatic hydroxyl groups is 1. The van der Waals surface area contributed by atoms with Crippen molar-refractivity contribution in [2.75, 3.05) is 33.8 Å². The summed E-state index contributed by atoms with van der Waals surface area (Å²) >= 11 is 6.06. The minimum absolute atomic E-state index is 0.0886. The number of Topliss-reactive ketones (excluding diaryl/α,β-unsaturated/α-hetero) is 1. The molecule has 1 heterocycles. The Bertz CT molecular complexity index is 1030. The lowest BCUT2D eigenvalue weighted by molar-refractivity contribution is -0.139. The smallest absolute Gasteiger partial charge is 0.295 e. The maximum absolute atomic E-state index is 13.1. The highest BCUT2D eigenvalue weighted by atomic mass is 35.5. The topological polar surface area (TPSA) is 70.1 Å². The summed E-state index contributed by atoms with van der Waals surface area (Å²) in [6.45, 7) is 5.47. The van der Waals surface area contributed by atoms with Gasteiger partial charge in [-0.1, -0.05) is 23.7 Å². The van der Waals surface area contributed by atoms with E-state index in [0.29, 0.717) is 35.9 Å². The Balaban J connectivity index is 2.08. The standard InChI is InChI=1S/C25H29ClN2O4/c1-5-32-20-12-9-18(15-16(20)2)23(29)21-22(17-7-10-19(26)11-8-17)28(25(31)24(21)30)14-6-13-27(3)4/h7-12,15,22,29H,5-6,13-14H2,1-4H3/t22-/m0/s1. The third-order valence-electron chi connectivity index (χ3n) is 5.48. The number of nitrogens with zero attached hydrogens (tertiary/aromatic N) is 2. The highest BCUT2D eigenvalue weighted by Gasteiger charge is 2.45. The Morgan fingerprint density at radius 3 is 2.44 bits per heavy atom. The van der Waals surface area contributed by atoms with Gasteiger partial charge >= 0.3 is 0 Å². The molecule has 170 valence electrons. The lowest BCUT2D eigenvalue weighted by Crippen LogP contribution is -2.32. The molecule has 1 saturated heterocycles. The quantitative estimate of drug-likeness (QED) is 0.361. The molecule has 0 radical (unpaired) electrons. The molecule has 1 N–H and O–H groups in total. The molecule has 0 aliphatic carbocycles. The zero-order valence-electron chi connectivity index (χ0n) is 18.9. The predicted molar refractivity (Wildman–Crippen MR) is 126 cm³/mol. The van der Waals surface area contributed by atoms with E-state index in [0.717, 1.165) is 17.7 Å². The van der Waals surface area contributed by atoms with Crippen LogP contribution in [0.1, 0.15) is 36.1 Å². The first-order chi connectivity index (χ1) is 15.2. The van der Waals surface area contributed by atoms with Crippen LogP contribution in [0.15, 0.2) is 48.0 Å². The van der Waals surface area contributed by atoms with Gasteiger partial charge in [-0.3, -0.25) is 9.59 Å². The Morgan fingerprint density at radius 1 is 1.16 bits per heavy atom. The second kappa shape index (κ2) is 10.2. The molecule has 2 aromatic carbocycles. The van der Waals surface area contributed by atoms with Crippen LogP contribution in [0, 0.1) is 6.92 Å². The first kappa shape index (κ1) is 23.8. The fraction of sp³-hybridized carbons (Fsp3) is 0.360. The van der Waals surface area contributed by atoms with Gasteiger partial charge in [-0.05, 0) is 82.4 Å². The molecular weight excluding hydrogens is 428 g/mol. The van der Waals surface area contributed by atoms with E-state index in [1.165, 1.54) is 0 Å². The minimum atomic E-state index is -0.682. The molecule has 1 aliphatic rings. The van der Waals surface area contributed by atoms with Gasteiger partial charge in [-0.2, -0.15) is 0 Å². The van der Waals surface area contributed by atoms with E-state index in [4.69, 9.17) is 16.3 Å². The van der Waals surface area contributed by atoms with Crippen LogP contribution in [0.2, 0.25) is 5.02 Å². The van der Waals surface area contributed by atoms with Crippen LogP contribution in [-0.2, 0) is 9.59 Å². The van der Waals surface area contributed by atoms with Gasteiger partial charge in [0, 0.05) is 17.1 Å². The Labute approximate surface area is 194 Å². The summed E-state index contributed by atoms with van der Waals surface area (Å²) in [5, 5.41) is 11.7. The van der Waals surface area contributed by atoms with E-state index in [-0.39, 0.29) is 11.3 Å². The van der Waals surface area contributed by atoms with Crippen molar-refractivity contribution in [1.82, 2.24) is 9.80 Å². The van der Waals surface area contributed by atoms with Gasteiger partial charge in [-0.15, -0.1) is 0 Å². The van der Waals surface area contributed by atoms with Crippen LogP contribution in [0.4, 0.5) is 0 Å². The number of aryl methyl sites for hydroxylation is 1. The molecule has 0 bridgehead atoms. The summed E-state index contributed by atoms with van der Waals surface area (Å²) in [4.78, 5) is 29.6. The number of halogens is 1. The molecule has 1 amide bonds. The maximum atomic E-state index is 13.1. The fourth-order valence-electron chi connectivity index (χ4n) is 3.93. The number of carbonyl (C=O) groups is 2. The molecule has 6 nitrogen and oxygen atoms in total. The van der Waals surface area contributed by atoms with Gasteiger partial charge in [0.25, 0.3) is 11.7 Å². The minimum Gasteiger partial charge on any atom is -0.507 e. The first-order valence-corrected chi connectivity index (χ1v) is 11.0. The summed E-state index contributed by atoms with van der Waals surface area (Å²) in [6.07, 6.45) is 0.701. The fourth-order valence-corrected chi connectivity index (χ4v) is 4.06. The summed E-state index contributed by atoms with van der Waals surface area (Å²) in [5.74, 6) is -0.765. The van der Waals surface area contributed by atoms with Crippen LogP contribution in [0.25, 0.3) is 5.76 Å². The third kappa shape index (κ3) is 4.97. The third-order valence-corrected chi connectivity index (χ3v) is 5.73. The summed E-state index contributed by atoms with van der Waals surface area (Å²) in [5.41, 5.74) is 2.11. The van der Waals surface area contributed by atoms with E-state index in [1.54, 1.807) is 47.4 Å². The molecule has 1 fully saturated rings. The van der Waals surface area contributed by atoms with E-state index in [1.807, 2.05) is 32.8 Å². The van der Waals surface area contributed by atoms with Gasteiger partial charge in [0.1, 0.15) is 11.5 Å². The second-order valence-electron chi connectivity index (χ2n) is 8.11. The van der Waals surface area contributed by atoms with Crippen LogP contribution in [0.5, 0.6) is 5.75 Å². The van der Waals surface area contributed by atoms with Gasteiger partial charge in [0.15, 0.2) is 0 Å². The molecule has 1 aliphatic heterocycles. The zero-order valence-corrected chi connectivity index (χ0v) is 19.6. The van der Waals surface area contributed by atoms with Gasteiger partial charge in [0.05, 0.1) is 18.2 Å². The number of hydrogen-bond acceptors (Lipinski definition) is 5. The molecule has 0 saturated carbocycles. The molecule has 1 atom stereocenters. The predicted octanol–water partition coefficient (Wildman–Crippen LogP) is 4.42. The monoisotopic (exact) mass is 456 g/mol. The highest BCUT2D eigenvalue weighted by molar-refractivity contribution is 6.46. The number of aliphatic hydroxyl groups excluding tert-OH is 1. The largest absolute Gasteiger partial charge is 0.507 e. The number of ketones is 1. The number of benzene rings is 2. The van der Waals surface area contributed by atoms with Crippen molar-refractivity contribution in [1.29, 1.82) is 0 Å². The number of carbonyl (C=O) groups excluding carboxylic acids is 2. The normalized spacial score (nSPS) is 17.9. The highest BCUT2D eigenvalue weighted by Crippen LogP contribution is 2.40. The van der Waals surface area contributed by atoms with Crippen LogP contribution >= 0.6 is 11.6 Å². The van der Waals surface area contributed by atoms with Crippen LogP contribution in [0.3, 0.4) is 0 Å². The van der Waals surface area contributed by atoms with Crippen LogP contribution in [-0.4, -0.2) is 60.4 Å². The van der Waals surface area contributed by atoms with Crippen molar-refractivity contribution in [2.24, 2.45) is 0 Å². The Hall–Kier alpha value is -2.83. The SMILES string of the molecule is CCOc1ccc(C(O)=C2C(=O)C(=O)N(CCCN(C)C)[C@H]2c2ccc(Cl)cc2)cc1C. The zero-order chi connectivity index (χ0) is 23.4. The molecule has 0 unspecified atom stereocenters. The lowest BCUT2D eigenvalue weighted by atomic mass is 9.94. The summed E-state index contributed by atoms with van der Waals surface area (Å²) < 4.78 is 5.57. The van der Waals surface area contributed by atoms with Crippen molar-refractivity contribution < 1.29 is 19.4 Å². The molecule has 7 heteroatoms. The van der Waals surface area contributed by atoms with Crippen molar-refractivity contribution in [3.05, 3.63) is 69.8 Å². The molecule has 32 heavy (non-hydrogen) atoms. The molecular formula is C25H29ClN2O4. The number of hydrogen-bond donors (Lipinski definition) is 1. The Kier molecular flexibility index (Phi) is 7.59. The van der Waals surface area contributed by atoms with E-state index < -0.39 is 17.7 Å². The lowest BCUT2D eigenvalue weighted by Gasteiger charge is -2.26. The van der Waals surface area contributed by atoms with Crippen molar-refractivity contribution in [3.63, 3.8) is 0 Å². The van der Waals surface area contributed by atoms with Gasteiger partial charge < -0.3 is 19.6 Å². The molecule has 2 aromatic rings. The number of likely N-dealkylation sites (tertiary alicyclic amines) is 1. The van der Waals surface area contributed by atoms with E-state index >= 15 is 0 Å².